The van der Waals surface area contributed by atoms with Gasteiger partial charge in [0.05, 0.1) is 0 Å². The molecule has 0 aliphatic carbocycles. The van der Waals surface area contributed by atoms with Gasteiger partial charge in [0.25, 0.3) is 0 Å². The Hall–Kier alpha value is -2.17. The van der Waals surface area contributed by atoms with Crippen molar-refractivity contribution in [3.63, 3.8) is 0 Å². The van der Waals surface area contributed by atoms with Crippen molar-refractivity contribution in [3.8, 4) is 0 Å². The van der Waals surface area contributed by atoms with E-state index >= 15 is 0 Å². The molecule has 0 saturated carbocycles. The maximum absolute atomic E-state index is 12.0. The molecule has 0 bridgehead atoms. The van der Waals surface area contributed by atoms with E-state index in [-0.39, 0.29) is 17.1 Å². The second-order valence-electron chi connectivity index (χ2n) is 4.08. The predicted molar refractivity (Wildman–Crippen MR) is 66.7 cm³/mol. The van der Waals surface area contributed by atoms with Crippen LogP contribution in [0.25, 0.3) is 0 Å². The second kappa shape index (κ2) is 5.95. The maximum Gasteiger partial charge on any atom is 0.331 e. The standard InChI is InChI=1S/C13H16N2O3/c1-9(10(2)13(17)18)12(16)15(3)8-11-5-4-6-14-7-11/h4-7H,8H2,1-3H3,(H,17,18). The fraction of sp³-hybridized carbons (Fsp3) is 0.308. The van der Waals surface area contributed by atoms with E-state index in [4.69, 9.17) is 5.11 Å². The van der Waals surface area contributed by atoms with E-state index in [1.165, 1.54) is 18.7 Å². The normalized spacial score (nSPS) is 11.7. The summed E-state index contributed by atoms with van der Waals surface area (Å²) in [4.78, 5) is 28.2. The molecule has 5 nitrogen and oxygen atoms in total. The third-order valence-electron chi connectivity index (χ3n) is 2.69. The molecule has 0 aliphatic heterocycles. The minimum atomic E-state index is -1.07. The Kier molecular flexibility index (Phi) is 4.59. The predicted octanol–water partition coefficient (Wildman–Crippen LogP) is 1.46. The van der Waals surface area contributed by atoms with Crippen molar-refractivity contribution in [2.45, 2.75) is 20.4 Å². The Morgan fingerprint density at radius 1 is 1.33 bits per heavy atom. The lowest BCUT2D eigenvalue weighted by Crippen LogP contribution is -2.28. The second-order valence-corrected chi connectivity index (χ2v) is 4.08. The van der Waals surface area contributed by atoms with Crippen LogP contribution in [0.4, 0.5) is 0 Å². The number of likely N-dealkylation sites (N-methyl/N-ethyl adjacent to an activating group) is 1. The van der Waals surface area contributed by atoms with Crippen molar-refractivity contribution < 1.29 is 14.7 Å². The summed E-state index contributed by atoms with van der Waals surface area (Å²) in [5.41, 5.74) is 1.21. The zero-order chi connectivity index (χ0) is 13.7. The van der Waals surface area contributed by atoms with Gasteiger partial charge in [0.15, 0.2) is 0 Å². The summed E-state index contributed by atoms with van der Waals surface area (Å²) in [7, 11) is 1.63. The van der Waals surface area contributed by atoms with Crippen LogP contribution in [0.3, 0.4) is 0 Å². The molecule has 0 radical (unpaired) electrons. The van der Waals surface area contributed by atoms with Gasteiger partial charge in [0.2, 0.25) is 5.91 Å². The molecule has 18 heavy (non-hydrogen) atoms. The number of nitrogens with zero attached hydrogens (tertiary/aromatic N) is 2. The molecule has 0 atom stereocenters. The van der Waals surface area contributed by atoms with Crippen molar-refractivity contribution in [3.05, 3.63) is 41.2 Å². The van der Waals surface area contributed by atoms with Crippen molar-refractivity contribution in [2.75, 3.05) is 7.05 Å². The van der Waals surface area contributed by atoms with Gasteiger partial charge in [-0.1, -0.05) is 6.07 Å². The SMILES string of the molecule is CC(C(=O)O)=C(C)C(=O)N(C)Cc1cccnc1. The first-order valence-electron chi connectivity index (χ1n) is 5.48. The van der Waals surface area contributed by atoms with Crippen LogP contribution in [-0.4, -0.2) is 33.9 Å². The van der Waals surface area contributed by atoms with Gasteiger partial charge in [0.1, 0.15) is 0 Å². The fourth-order valence-electron chi connectivity index (χ4n) is 1.44. The van der Waals surface area contributed by atoms with Gasteiger partial charge in [-0.25, -0.2) is 4.79 Å². The molecule has 1 aromatic rings. The summed E-state index contributed by atoms with van der Waals surface area (Å²) >= 11 is 0. The summed E-state index contributed by atoms with van der Waals surface area (Å²) in [6.07, 6.45) is 3.33. The number of carboxylic acids is 1. The Balaban J connectivity index is 2.80. The van der Waals surface area contributed by atoms with E-state index < -0.39 is 5.97 Å². The molecule has 0 aromatic carbocycles. The number of pyridine rings is 1. The summed E-state index contributed by atoms with van der Waals surface area (Å²) in [5.74, 6) is -1.37. The molecule has 1 rings (SSSR count). The number of carbonyl (C=O) groups is 2. The minimum absolute atomic E-state index is 0.0676. The molecule has 0 spiro atoms. The van der Waals surface area contributed by atoms with E-state index in [0.29, 0.717) is 6.54 Å². The van der Waals surface area contributed by atoms with E-state index in [1.807, 2.05) is 6.07 Å². The van der Waals surface area contributed by atoms with Gasteiger partial charge < -0.3 is 10.0 Å². The van der Waals surface area contributed by atoms with Gasteiger partial charge in [-0.3, -0.25) is 9.78 Å². The molecule has 5 heteroatoms. The molecule has 1 aromatic heterocycles. The highest BCUT2D eigenvalue weighted by Crippen LogP contribution is 2.09. The van der Waals surface area contributed by atoms with Crippen molar-refractivity contribution in [1.82, 2.24) is 9.88 Å². The van der Waals surface area contributed by atoms with Crippen LogP contribution in [-0.2, 0) is 16.1 Å². The van der Waals surface area contributed by atoms with Gasteiger partial charge in [-0.2, -0.15) is 0 Å². The van der Waals surface area contributed by atoms with E-state index in [2.05, 4.69) is 4.98 Å². The molecule has 1 heterocycles. The summed E-state index contributed by atoms with van der Waals surface area (Å²) in [6.45, 7) is 3.34. The third-order valence-corrected chi connectivity index (χ3v) is 2.69. The average molecular weight is 248 g/mol. The Morgan fingerprint density at radius 3 is 2.50 bits per heavy atom. The lowest BCUT2D eigenvalue weighted by molar-refractivity contribution is -0.133. The van der Waals surface area contributed by atoms with Crippen LogP contribution in [0.5, 0.6) is 0 Å². The average Bonchev–Trinajstić information content (AvgIpc) is 2.37. The molecule has 0 unspecified atom stereocenters. The molecular formula is C13H16N2O3. The Labute approximate surface area is 106 Å². The van der Waals surface area contributed by atoms with E-state index in [1.54, 1.807) is 25.5 Å². The van der Waals surface area contributed by atoms with Crippen molar-refractivity contribution in [1.29, 1.82) is 0 Å². The summed E-state index contributed by atoms with van der Waals surface area (Å²) in [5, 5.41) is 8.83. The maximum atomic E-state index is 12.0. The number of amides is 1. The van der Waals surface area contributed by atoms with Crippen LogP contribution >= 0.6 is 0 Å². The number of hydrogen-bond donors (Lipinski definition) is 1. The molecule has 0 fully saturated rings. The zero-order valence-corrected chi connectivity index (χ0v) is 10.7. The molecular weight excluding hydrogens is 232 g/mol. The van der Waals surface area contributed by atoms with Crippen molar-refractivity contribution >= 4 is 11.9 Å². The van der Waals surface area contributed by atoms with Crippen LogP contribution in [0.15, 0.2) is 35.7 Å². The van der Waals surface area contributed by atoms with Gasteiger partial charge in [0, 0.05) is 37.1 Å². The lowest BCUT2D eigenvalue weighted by atomic mass is 10.1. The molecule has 0 aliphatic rings. The number of rotatable bonds is 4. The highest BCUT2D eigenvalue weighted by molar-refractivity contribution is 6.01. The molecule has 96 valence electrons. The number of carboxylic acid groups (broad SMARTS) is 1. The number of hydrogen-bond acceptors (Lipinski definition) is 3. The lowest BCUT2D eigenvalue weighted by Gasteiger charge is -2.18. The van der Waals surface area contributed by atoms with E-state index in [9.17, 15) is 9.59 Å². The fourth-order valence-corrected chi connectivity index (χ4v) is 1.44. The first kappa shape index (κ1) is 13.9. The van der Waals surface area contributed by atoms with Crippen LogP contribution < -0.4 is 0 Å². The Bertz CT molecular complexity index is 480. The summed E-state index contributed by atoms with van der Waals surface area (Å²) < 4.78 is 0. The topological polar surface area (TPSA) is 70.5 Å². The first-order chi connectivity index (χ1) is 8.43. The smallest absolute Gasteiger partial charge is 0.331 e. The highest BCUT2D eigenvalue weighted by Gasteiger charge is 2.16. The Morgan fingerprint density at radius 2 is 2.00 bits per heavy atom. The third kappa shape index (κ3) is 3.41. The first-order valence-corrected chi connectivity index (χ1v) is 5.48. The molecule has 0 saturated heterocycles. The van der Waals surface area contributed by atoms with E-state index in [0.717, 1.165) is 5.56 Å². The number of carbonyl (C=O) groups excluding carboxylic acids is 1. The number of aliphatic carboxylic acids is 1. The van der Waals surface area contributed by atoms with Gasteiger partial charge in [-0.15, -0.1) is 0 Å². The summed E-state index contributed by atoms with van der Waals surface area (Å²) in [6, 6.07) is 3.65. The molecule has 1 amide bonds. The molecule has 1 N–H and O–H groups in total. The monoisotopic (exact) mass is 248 g/mol. The number of aromatic nitrogens is 1. The quantitative estimate of drug-likeness (QED) is 0.819. The van der Waals surface area contributed by atoms with Crippen LogP contribution in [0, 0.1) is 0 Å². The van der Waals surface area contributed by atoms with Crippen LogP contribution in [0.2, 0.25) is 0 Å². The zero-order valence-electron chi connectivity index (χ0n) is 10.7. The highest BCUT2D eigenvalue weighted by atomic mass is 16.4. The van der Waals surface area contributed by atoms with Gasteiger partial charge in [-0.05, 0) is 25.5 Å². The van der Waals surface area contributed by atoms with Crippen LogP contribution in [0.1, 0.15) is 19.4 Å². The largest absolute Gasteiger partial charge is 0.478 e. The minimum Gasteiger partial charge on any atom is -0.478 e. The van der Waals surface area contributed by atoms with Crippen molar-refractivity contribution in [2.24, 2.45) is 0 Å². The van der Waals surface area contributed by atoms with Gasteiger partial charge >= 0.3 is 5.97 Å².